The molecular formula is C19H26N2O4S. The molecule has 0 fully saturated rings. The molecule has 0 aromatic heterocycles. The van der Waals surface area contributed by atoms with Gasteiger partial charge in [-0.3, -0.25) is 0 Å². The lowest BCUT2D eigenvalue weighted by Gasteiger charge is -2.25. The summed E-state index contributed by atoms with van der Waals surface area (Å²) in [6.07, 6.45) is 0. The van der Waals surface area contributed by atoms with Crippen LogP contribution in [0.25, 0.3) is 0 Å². The van der Waals surface area contributed by atoms with Gasteiger partial charge in [0.05, 0.1) is 14.2 Å². The molecule has 0 saturated carbocycles. The highest BCUT2D eigenvalue weighted by atomic mass is 32.2. The first kappa shape index (κ1) is 20.2. The number of hydrogen-bond acceptors (Lipinski definition) is 5. The van der Waals surface area contributed by atoms with Crippen LogP contribution < -0.4 is 14.2 Å². The molecule has 0 aliphatic carbocycles. The molecule has 0 bridgehead atoms. The number of hydrogen-bond donors (Lipinski definition) is 1. The number of sulfonamides is 1. The number of nitrogens with one attached hydrogen (secondary N) is 1. The molecule has 0 radical (unpaired) electrons. The van der Waals surface area contributed by atoms with Gasteiger partial charge in [0.1, 0.15) is 16.4 Å². The third kappa shape index (κ3) is 4.75. The maximum absolute atomic E-state index is 12.8. The molecule has 142 valence electrons. The minimum atomic E-state index is -3.73. The quantitative estimate of drug-likeness (QED) is 0.765. The molecule has 26 heavy (non-hydrogen) atoms. The average molecular weight is 378 g/mol. The molecule has 0 aliphatic rings. The van der Waals surface area contributed by atoms with Gasteiger partial charge >= 0.3 is 0 Å². The maximum atomic E-state index is 12.8. The summed E-state index contributed by atoms with van der Waals surface area (Å²) >= 11 is 0. The Labute approximate surface area is 155 Å². The Hall–Kier alpha value is -2.09. The average Bonchev–Trinajstić information content (AvgIpc) is 2.62. The molecule has 1 N–H and O–H groups in total. The second-order valence-electron chi connectivity index (χ2n) is 6.26. The Kier molecular flexibility index (Phi) is 6.63. The van der Waals surface area contributed by atoms with Gasteiger partial charge in [0.25, 0.3) is 0 Å². The second-order valence-corrected chi connectivity index (χ2v) is 7.99. The van der Waals surface area contributed by atoms with Crippen LogP contribution in [0.2, 0.25) is 0 Å². The van der Waals surface area contributed by atoms with E-state index in [1.54, 1.807) is 12.1 Å². The van der Waals surface area contributed by atoms with Crippen LogP contribution in [0, 0.1) is 6.92 Å². The molecule has 2 aromatic carbocycles. The molecule has 1 atom stereocenters. The zero-order chi connectivity index (χ0) is 19.3. The van der Waals surface area contributed by atoms with Gasteiger partial charge in [-0.1, -0.05) is 29.8 Å². The fraction of sp³-hybridized carbons (Fsp3) is 0.368. The van der Waals surface area contributed by atoms with Gasteiger partial charge in [-0.2, -0.15) is 0 Å². The zero-order valence-corrected chi connectivity index (χ0v) is 16.6. The number of nitrogens with zero attached hydrogens (tertiary/aromatic N) is 1. The van der Waals surface area contributed by atoms with Crippen LogP contribution in [0.1, 0.15) is 17.2 Å². The number of aryl methyl sites for hydroxylation is 1. The summed E-state index contributed by atoms with van der Waals surface area (Å²) in [7, 11) is 3.07. The van der Waals surface area contributed by atoms with Gasteiger partial charge in [0.2, 0.25) is 10.0 Å². The van der Waals surface area contributed by atoms with Crippen LogP contribution in [0.4, 0.5) is 0 Å². The minimum absolute atomic E-state index is 0.0854. The van der Waals surface area contributed by atoms with E-state index >= 15 is 0 Å². The maximum Gasteiger partial charge on any atom is 0.244 e. The van der Waals surface area contributed by atoms with Crippen molar-refractivity contribution in [3.05, 3.63) is 53.6 Å². The first-order chi connectivity index (χ1) is 12.3. The number of ether oxygens (including phenoxy) is 2. The summed E-state index contributed by atoms with van der Waals surface area (Å²) in [5.74, 6) is 0.778. The molecule has 7 heteroatoms. The summed E-state index contributed by atoms with van der Waals surface area (Å²) < 4.78 is 38.6. The van der Waals surface area contributed by atoms with Crippen molar-refractivity contribution >= 4 is 10.0 Å². The Morgan fingerprint density at radius 1 is 1.04 bits per heavy atom. The van der Waals surface area contributed by atoms with Crippen LogP contribution in [-0.4, -0.2) is 48.2 Å². The highest BCUT2D eigenvalue weighted by Crippen LogP contribution is 2.28. The Morgan fingerprint density at radius 3 is 2.23 bits per heavy atom. The van der Waals surface area contributed by atoms with Crippen LogP contribution >= 0.6 is 0 Å². The van der Waals surface area contributed by atoms with E-state index in [0.29, 0.717) is 5.75 Å². The van der Waals surface area contributed by atoms with E-state index < -0.39 is 10.0 Å². The zero-order valence-electron chi connectivity index (χ0n) is 15.8. The summed E-state index contributed by atoms with van der Waals surface area (Å²) in [4.78, 5) is 2.07. The molecule has 0 saturated heterocycles. The topological polar surface area (TPSA) is 67.9 Å². The van der Waals surface area contributed by atoms with Gasteiger partial charge < -0.3 is 14.4 Å². The fourth-order valence-electron chi connectivity index (χ4n) is 2.65. The lowest BCUT2D eigenvalue weighted by atomic mass is 10.0. The van der Waals surface area contributed by atoms with Gasteiger partial charge in [0.15, 0.2) is 0 Å². The molecule has 2 aromatic rings. The highest BCUT2D eigenvalue weighted by Gasteiger charge is 2.23. The third-order valence-corrected chi connectivity index (χ3v) is 5.68. The monoisotopic (exact) mass is 378 g/mol. The number of benzene rings is 2. The summed E-state index contributed by atoms with van der Waals surface area (Å²) in [6, 6.07) is 12.6. The highest BCUT2D eigenvalue weighted by molar-refractivity contribution is 7.89. The Morgan fingerprint density at radius 2 is 1.69 bits per heavy atom. The van der Waals surface area contributed by atoms with Crippen LogP contribution in [0.3, 0.4) is 0 Å². The summed E-state index contributed by atoms with van der Waals surface area (Å²) in [6.45, 7) is 2.26. The van der Waals surface area contributed by atoms with E-state index in [4.69, 9.17) is 9.47 Å². The van der Waals surface area contributed by atoms with E-state index in [1.165, 1.54) is 20.3 Å². The largest absolute Gasteiger partial charge is 0.497 e. The summed E-state index contributed by atoms with van der Waals surface area (Å²) in [5, 5.41) is 0. The molecule has 6 nitrogen and oxygen atoms in total. The van der Waals surface area contributed by atoms with Crippen LogP contribution in [-0.2, 0) is 10.0 Å². The lowest BCUT2D eigenvalue weighted by Crippen LogP contribution is -2.34. The van der Waals surface area contributed by atoms with E-state index in [9.17, 15) is 8.42 Å². The molecule has 0 amide bonds. The number of rotatable bonds is 8. The molecule has 0 spiro atoms. The van der Waals surface area contributed by atoms with E-state index in [-0.39, 0.29) is 23.2 Å². The fourth-order valence-corrected chi connectivity index (χ4v) is 3.84. The Bertz CT molecular complexity index is 833. The van der Waals surface area contributed by atoms with Gasteiger partial charge in [-0.15, -0.1) is 0 Å². The predicted molar refractivity (Wildman–Crippen MR) is 102 cm³/mol. The van der Waals surface area contributed by atoms with Crippen molar-refractivity contribution < 1.29 is 17.9 Å². The van der Waals surface area contributed by atoms with Gasteiger partial charge in [0, 0.05) is 18.7 Å². The van der Waals surface area contributed by atoms with E-state index in [1.807, 2.05) is 50.2 Å². The number of methoxy groups -OCH3 is 2. The van der Waals surface area contributed by atoms with Crippen LogP contribution in [0.5, 0.6) is 11.5 Å². The SMILES string of the molecule is COc1ccc(S(=O)(=O)NCC(c2ccc(C)cc2)N(C)C)c(OC)c1. The first-order valence-electron chi connectivity index (χ1n) is 8.23. The van der Waals surface area contributed by atoms with Crippen LogP contribution in [0.15, 0.2) is 47.4 Å². The Balaban J connectivity index is 2.24. The molecule has 0 heterocycles. The van der Waals surface area contributed by atoms with Gasteiger partial charge in [-0.05, 0) is 38.7 Å². The predicted octanol–water partition coefficient (Wildman–Crippen LogP) is 2.59. The van der Waals surface area contributed by atoms with Gasteiger partial charge in [-0.25, -0.2) is 13.1 Å². The normalized spacial score (nSPS) is 12.8. The van der Waals surface area contributed by atoms with Crippen molar-refractivity contribution in [2.45, 2.75) is 17.9 Å². The van der Waals surface area contributed by atoms with E-state index in [2.05, 4.69) is 4.72 Å². The second kappa shape index (κ2) is 8.53. The van der Waals surface area contributed by atoms with E-state index in [0.717, 1.165) is 11.1 Å². The van der Waals surface area contributed by atoms with Crippen molar-refractivity contribution in [1.29, 1.82) is 0 Å². The van der Waals surface area contributed by atoms with Crippen molar-refractivity contribution in [2.75, 3.05) is 34.9 Å². The molecule has 0 aliphatic heterocycles. The number of likely N-dealkylation sites (N-methyl/N-ethyl adjacent to an activating group) is 1. The minimum Gasteiger partial charge on any atom is -0.497 e. The van der Waals surface area contributed by atoms with Crippen molar-refractivity contribution in [3.63, 3.8) is 0 Å². The third-order valence-electron chi connectivity index (χ3n) is 4.21. The molecule has 2 rings (SSSR count). The standard InChI is InChI=1S/C19H26N2O4S/c1-14-6-8-15(9-7-14)17(21(2)3)13-20-26(22,23)19-11-10-16(24-4)12-18(19)25-5/h6-12,17,20H,13H2,1-5H3. The van der Waals surface area contributed by atoms with Crippen molar-refractivity contribution in [2.24, 2.45) is 0 Å². The lowest BCUT2D eigenvalue weighted by molar-refractivity contribution is 0.299. The smallest absolute Gasteiger partial charge is 0.244 e. The molecular weight excluding hydrogens is 352 g/mol. The summed E-state index contributed by atoms with van der Waals surface area (Å²) in [5.41, 5.74) is 2.21. The van der Waals surface area contributed by atoms with Crippen molar-refractivity contribution in [3.8, 4) is 11.5 Å². The molecule has 1 unspecified atom stereocenters. The van der Waals surface area contributed by atoms with Crippen molar-refractivity contribution in [1.82, 2.24) is 9.62 Å². The first-order valence-corrected chi connectivity index (χ1v) is 9.71.